The molecule has 0 radical (unpaired) electrons. The van der Waals surface area contributed by atoms with Gasteiger partial charge in [0.05, 0.1) is 18.4 Å². The number of carbonyl (C=O) groups is 1. The molecule has 0 N–H and O–H groups in total. The highest BCUT2D eigenvalue weighted by Gasteiger charge is 2.33. The number of halogens is 3. The lowest BCUT2D eigenvalue weighted by Crippen LogP contribution is -2.35. The molecule has 0 saturated heterocycles. The summed E-state index contributed by atoms with van der Waals surface area (Å²) in [6, 6.07) is 14.3. The van der Waals surface area contributed by atoms with Crippen LogP contribution in [0, 0.1) is 6.92 Å². The first-order valence-corrected chi connectivity index (χ1v) is 8.81. The number of carbonyl (C=O) groups excluding carboxylic acids is 1. The highest BCUT2D eigenvalue weighted by molar-refractivity contribution is 6.00. The molecule has 0 aliphatic heterocycles. The molecule has 0 aliphatic rings. The summed E-state index contributed by atoms with van der Waals surface area (Å²) in [4.78, 5) is 13.5. The van der Waals surface area contributed by atoms with Crippen LogP contribution in [0.3, 0.4) is 0 Å². The minimum absolute atomic E-state index is 0.0746. The molecule has 8 heteroatoms. The topological polar surface area (TPSA) is 47.4 Å². The fraction of sp³-hybridized carbons (Fsp3) is 0.238. The molecule has 1 aromatic heterocycles. The molecular weight excluding hydrogens is 383 g/mol. The van der Waals surface area contributed by atoms with Gasteiger partial charge < -0.3 is 9.64 Å². The number of aromatic nitrogens is 2. The second kappa shape index (κ2) is 7.98. The van der Waals surface area contributed by atoms with Gasteiger partial charge in [0, 0.05) is 18.8 Å². The molecule has 0 saturated carbocycles. The quantitative estimate of drug-likeness (QED) is 0.631. The van der Waals surface area contributed by atoms with Gasteiger partial charge in [-0.15, -0.1) is 0 Å². The number of ether oxygens (including phenoxy) is 1. The first kappa shape index (κ1) is 20.4. The van der Waals surface area contributed by atoms with E-state index in [-0.39, 0.29) is 11.3 Å². The Morgan fingerprint density at radius 1 is 1.17 bits per heavy atom. The minimum Gasteiger partial charge on any atom is -0.497 e. The van der Waals surface area contributed by atoms with Crippen LogP contribution >= 0.6 is 0 Å². The van der Waals surface area contributed by atoms with E-state index in [1.54, 1.807) is 24.3 Å². The largest absolute Gasteiger partial charge is 0.497 e. The van der Waals surface area contributed by atoms with E-state index in [1.165, 1.54) is 18.0 Å². The number of hydrogen-bond acceptors (Lipinski definition) is 3. The zero-order valence-corrected chi connectivity index (χ0v) is 16.2. The molecule has 5 nitrogen and oxygen atoms in total. The molecule has 0 atom stereocenters. The molecule has 2 aromatic carbocycles. The molecule has 0 unspecified atom stereocenters. The summed E-state index contributed by atoms with van der Waals surface area (Å²) >= 11 is 0. The van der Waals surface area contributed by atoms with Crippen LogP contribution in [0.15, 0.2) is 54.7 Å². The maximum atomic E-state index is 12.8. The molecule has 29 heavy (non-hydrogen) atoms. The van der Waals surface area contributed by atoms with Crippen LogP contribution < -0.4 is 4.74 Å². The van der Waals surface area contributed by atoms with Crippen LogP contribution in [0.5, 0.6) is 5.75 Å². The second-order valence-electron chi connectivity index (χ2n) is 6.68. The molecule has 0 fully saturated rings. The molecule has 3 aromatic rings. The number of rotatable bonds is 5. The first-order chi connectivity index (χ1) is 13.7. The van der Waals surface area contributed by atoms with E-state index in [9.17, 15) is 18.0 Å². The molecule has 0 bridgehead atoms. The van der Waals surface area contributed by atoms with Gasteiger partial charge in [0.15, 0.2) is 0 Å². The van der Waals surface area contributed by atoms with Gasteiger partial charge in [-0.25, -0.2) is 4.68 Å². The number of methoxy groups -OCH3 is 1. The standard InChI is InChI=1S/C21H20F3N3O2/c1-14-7-9-16(10-8-14)27-12-18(20(28)26(2)13-21(22,23)24)19(25-27)15-5-4-6-17(11-15)29-3/h4-12H,13H2,1-3H3. The van der Waals surface area contributed by atoms with Crippen molar-refractivity contribution in [3.05, 3.63) is 65.9 Å². The maximum absolute atomic E-state index is 12.8. The highest BCUT2D eigenvalue weighted by atomic mass is 19.4. The molecule has 152 valence electrons. The molecule has 0 aliphatic carbocycles. The van der Waals surface area contributed by atoms with Crippen LogP contribution in [-0.2, 0) is 0 Å². The third-order valence-electron chi connectivity index (χ3n) is 4.35. The van der Waals surface area contributed by atoms with Gasteiger partial charge in [-0.05, 0) is 31.2 Å². The van der Waals surface area contributed by atoms with Crippen LogP contribution in [0.4, 0.5) is 13.2 Å². The smallest absolute Gasteiger partial charge is 0.406 e. The molecule has 3 rings (SSSR count). The van der Waals surface area contributed by atoms with E-state index >= 15 is 0 Å². The number of aryl methyl sites for hydroxylation is 1. The summed E-state index contributed by atoms with van der Waals surface area (Å²) in [5.74, 6) is -0.215. The second-order valence-corrected chi connectivity index (χ2v) is 6.68. The normalized spacial score (nSPS) is 11.4. The van der Waals surface area contributed by atoms with Crippen molar-refractivity contribution in [1.29, 1.82) is 0 Å². The summed E-state index contributed by atoms with van der Waals surface area (Å²) in [5.41, 5.74) is 2.67. The van der Waals surface area contributed by atoms with E-state index in [1.807, 2.05) is 31.2 Å². The van der Waals surface area contributed by atoms with Crippen molar-refractivity contribution in [2.75, 3.05) is 20.7 Å². The van der Waals surface area contributed by atoms with Crippen molar-refractivity contribution in [3.8, 4) is 22.7 Å². The molecule has 1 amide bonds. The van der Waals surface area contributed by atoms with Crippen molar-refractivity contribution in [3.63, 3.8) is 0 Å². The summed E-state index contributed by atoms with van der Waals surface area (Å²) in [6.07, 6.45) is -3.04. The van der Waals surface area contributed by atoms with Gasteiger partial charge in [-0.2, -0.15) is 18.3 Å². The predicted molar refractivity (Wildman–Crippen MR) is 103 cm³/mol. The Labute approximate surface area is 166 Å². The van der Waals surface area contributed by atoms with E-state index in [0.717, 1.165) is 12.6 Å². The lowest BCUT2D eigenvalue weighted by atomic mass is 10.1. The minimum atomic E-state index is -4.49. The Balaban J connectivity index is 2.09. The van der Waals surface area contributed by atoms with Crippen molar-refractivity contribution in [2.24, 2.45) is 0 Å². The monoisotopic (exact) mass is 403 g/mol. The average Bonchev–Trinajstić information content (AvgIpc) is 3.12. The van der Waals surface area contributed by atoms with Gasteiger partial charge in [0.25, 0.3) is 5.91 Å². The zero-order valence-electron chi connectivity index (χ0n) is 16.2. The number of hydrogen-bond donors (Lipinski definition) is 0. The van der Waals surface area contributed by atoms with Crippen molar-refractivity contribution < 1.29 is 22.7 Å². The van der Waals surface area contributed by atoms with Gasteiger partial charge in [-0.1, -0.05) is 29.8 Å². The highest BCUT2D eigenvalue weighted by Crippen LogP contribution is 2.28. The van der Waals surface area contributed by atoms with Crippen molar-refractivity contribution in [2.45, 2.75) is 13.1 Å². The fourth-order valence-corrected chi connectivity index (χ4v) is 2.89. The van der Waals surface area contributed by atoms with Crippen LogP contribution in [0.25, 0.3) is 16.9 Å². The third kappa shape index (κ3) is 4.77. The number of benzene rings is 2. The van der Waals surface area contributed by atoms with Crippen LogP contribution in [0.2, 0.25) is 0 Å². The van der Waals surface area contributed by atoms with Crippen molar-refractivity contribution >= 4 is 5.91 Å². The summed E-state index contributed by atoms with van der Waals surface area (Å²) in [7, 11) is 2.63. The lowest BCUT2D eigenvalue weighted by molar-refractivity contribution is -0.138. The maximum Gasteiger partial charge on any atom is 0.406 e. The first-order valence-electron chi connectivity index (χ1n) is 8.81. The molecular formula is C21H20F3N3O2. The number of amides is 1. The number of nitrogens with zero attached hydrogens (tertiary/aromatic N) is 3. The van der Waals surface area contributed by atoms with Gasteiger partial charge in [0.2, 0.25) is 0 Å². The van der Waals surface area contributed by atoms with Crippen molar-refractivity contribution in [1.82, 2.24) is 14.7 Å². The van der Waals surface area contributed by atoms with E-state index < -0.39 is 18.6 Å². The van der Waals surface area contributed by atoms with E-state index in [2.05, 4.69) is 5.10 Å². The Morgan fingerprint density at radius 2 is 1.86 bits per heavy atom. The Hall–Kier alpha value is -3.29. The Bertz CT molecular complexity index is 1010. The zero-order chi connectivity index (χ0) is 21.2. The Morgan fingerprint density at radius 3 is 2.48 bits per heavy atom. The average molecular weight is 403 g/mol. The number of alkyl halides is 3. The SMILES string of the molecule is COc1cccc(-c2nn(-c3ccc(C)cc3)cc2C(=O)N(C)CC(F)(F)F)c1. The van der Waals surface area contributed by atoms with Crippen LogP contribution in [0.1, 0.15) is 15.9 Å². The summed E-state index contributed by atoms with van der Waals surface area (Å²) < 4.78 is 45.0. The van der Waals surface area contributed by atoms with Gasteiger partial charge in [-0.3, -0.25) is 4.79 Å². The van der Waals surface area contributed by atoms with Crippen LogP contribution in [-0.4, -0.2) is 47.5 Å². The summed E-state index contributed by atoms with van der Waals surface area (Å²) in [6.45, 7) is 0.592. The third-order valence-corrected chi connectivity index (χ3v) is 4.35. The fourth-order valence-electron chi connectivity index (χ4n) is 2.89. The van der Waals surface area contributed by atoms with E-state index in [4.69, 9.17) is 4.74 Å². The molecule has 0 spiro atoms. The molecule has 1 heterocycles. The summed E-state index contributed by atoms with van der Waals surface area (Å²) in [5, 5.41) is 4.49. The predicted octanol–water partition coefficient (Wildman–Crippen LogP) is 4.49. The van der Waals surface area contributed by atoms with Gasteiger partial charge >= 0.3 is 6.18 Å². The van der Waals surface area contributed by atoms with Gasteiger partial charge in [0.1, 0.15) is 18.0 Å². The van der Waals surface area contributed by atoms with E-state index in [0.29, 0.717) is 21.9 Å². The lowest BCUT2D eigenvalue weighted by Gasteiger charge is -2.18. The Kier molecular flexibility index (Phi) is 5.63.